The third-order valence-electron chi connectivity index (χ3n) is 2.39. The zero-order valence-corrected chi connectivity index (χ0v) is 11.0. The monoisotopic (exact) mass is 259 g/mol. The number of carbonyl (C=O) groups is 1. The number of rotatable bonds is 3. The second kappa shape index (κ2) is 8.37. The van der Waals surface area contributed by atoms with Gasteiger partial charge in [-0.3, -0.25) is 4.79 Å². The van der Waals surface area contributed by atoms with Gasteiger partial charge in [-0.25, -0.2) is 0 Å². The smallest absolute Gasteiger partial charge is 0.273 e. The van der Waals surface area contributed by atoms with Crippen LogP contribution in [0.5, 0.6) is 0 Å². The topological polar surface area (TPSA) is 43.1 Å². The summed E-state index contributed by atoms with van der Waals surface area (Å²) in [5.74, 6) is 0. The van der Waals surface area contributed by atoms with E-state index in [0.29, 0.717) is 0 Å². The van der Waals surface area contributed by atoms with Crippen LogP contribution in [0.2, 0.25) is 0 Å². The highest BCUT2D eigenvalue weighted by Crippen LogP contribution is 2.06. The molecule has 0 aliphatic carbocycles. The molecule has 0 fully saturated rings. The Kier molecular flexibility index (Phi) is 6.66. The maximum atomic E-state index is 9.09. The summed E-state index contributed by atoms with van der Waals surface area (Å²) in [4.78, 5) is 9.09. The van der Waals surface area contributed by atoms with E-state index < -0.39 is 5.24 Å². The predicted molar refractivity (Wildman–Crippen MR) is 78.9 cm³/mol. The fourth-order valence-electron chi connectivity index (χ4n) is 1.58. The average molecular weight is 259 g/mol. The highest BCUT2D eigenvalue weighted by molar-refractivity contribution is 7.96. The van der Waals surface area contributed by atoms with Gasteiger partial charge in [0.15, 0.2) is 0 Å². The predicted octanol–water partition coefficient (Wildman–Crippen LogP) is 3.47. The van der Waals surface area contributed by atoms with Crippen molar-refractivity contribution in [1.82, 2.24) is 0 Å². The Bertz CT molecular complexity index is 413. The van der Waals surface area contributed by atoms with E-state index in [1.165, 1.54) is 11.1 Å². The number of carbonyl (C=O) groups excluding carboxylic acids is 1. The number of amides is 1. The first kappa shape index (κ1) is 14.3. The van der Waals surface area contributed by atoms with Crippen molar-refractivity contribution < 1.29 is 4.79 Å². The third kappa shape index (κ3) is 6.76. The number of primary amides is 1. The summed E-state index contributed by atoms with van der Waals surface area (Å²) < 4.78 is 0. The fraction of sp³-hybridized carbons (Fsp3) is 0.133. The van der Waals surface area contributed by atoms with Crippen LogP contribution in [0.1, 0.15) is 11.1 Å². The van der Waals surface area contributed by atoms with Gasteiger partial charge in [-0.1, -0.05) is 73.3 Å². The number of hydrogen-bond acceptors (Lipinski definition) is 1. The molecule has 2 N–H and O–H groups in total. The van der Waals surface area contributed by atoms with Gasteiger partial charge in [0.1, 0.15) is 0 Å². The molecule has 1 amide bonds. The van der Waals surface area contributed by atoms with Crippen LogP contribution in [0.25, 0.3) is 0 Å². The molecule has 0 saturated heterocycles. The number of hydrogen-bond donors (Lipinski definition) is 2. The summed E-state index contributed by atoms with van der Waals surface area (Å²) in [6, 6.07) is 21.2. The van der Waals surface area contributed by atoms with Gasteiger partial charge in [0.25, 0.3) is 5.24 Å². The van der Waals surface area contributed by atoms with Gasteiger partial charge in [0, 0.05) is 0 Å². The van der Waals surface area contributed by atoms with Crippen LogP contribution in [0, 0.1) is 0 Å². The van der Waals surface area contributed by atoms with Crippen molar-refractivity contribution in [3.63, 3.8) is 0 Å². The summed E-state index contributed by atoms with van der Waals surface area (Å²) in [6.07, 6.45) is 2.26. The third-order valence-corrected chi connectivity index (χ3v) is 2.39. The molecular formula is C15H17NOS. The molecule has 2 aromatic rings. The lowest BCUT2D eigenvalue weighted by Crippen LogP contribution is -1.95. The Balaban J connectivity index is 0.000000357. The minimum atomic E-state index is -0.639. The lowest BCUT2D eigenvalue weighted by Gasteiger charge is -2.01. The molecule has 2 nitrogen and oxygen atoms in total. The van der Waals surface area contributed by atoms with Crippen LogP contribution in [-0.2, 0) is 12.8 Å². The fourth-order valence-corrected chi connectivity index (χ4v) is 1.58. The molecule has 0 unspecified atom stereocenters. The van der Waals surface area contributed by atoms with E-state index in [0.717, 1.165) is 12.8 Å². The summed E-state index contributed by atoms with van der Waals surface area (Å²) in [5, 5.41) is -0.639. The molecule has 0 spiro atoms. The van der Waals surface area contributed by atoms with E-state index in [1.54, 1.807) is 0 Å². The number of benzene rings is 2. The molecular weight excluding hydrogens is 242 g/mol. The molecule has 0 aromatic heterocycles. The maximum absolute atomic E-state index is 9.09. The van der Waals surface area contributed by atoms with E-state index in [2.05, 4.69) is 79.0 Å². The number of nitrogens with two attached hydrogens (primary N) is 1. The summed E-state index contributed by atoms with van der Waals surface area (Å²) in [7, 11) is 0. The minimum absolute atomic E-state index is 0.639. The Hall–Kier alpha value is -1.74. The molecule has 0 saturated carbocycles. The quantitative estimate of drug-likeness (QED) is 0.814. The largest absolute Gasteiger partial charge is 0.361 e. The van der Waals surface area contributed by atoms with Crippen molar-refractivity contribution in [2.75, 3.05) is 0 Å². The number of aryl methyl sites for hydroxylation is 2. The SMILES string of the molecule is NC(=O)S.c1ccc(CCc2ccccc2)cc1. The van der Waals surface area contributed by atoms with Gasteiger partial charge in [-0.05, 0) is 24.0 Å². The van der Waals surface area contributed by atoms with Crippen molar-refractivity contribution >= 4 is 17.9 Å². The standard InChI is InChI=1S/C14H14.CH3NOS/c1-3-7-13(8-4-1)11-12-14-9-5-2-6-10-14;2-1(3)4/h1-10H,11-12H2;(H3,2,3,4). The lowest BCUT2D eigenvalue weighted by atomic mass is 10.0. The Morgan fingerprint density at radius 2 is 1.11 bits per heavy atom. The molecule has 2 aromatic carbocycles. The molecule has 2 rings (SSSR count). The van der Waals surface area contributed by atoms with Crippen LogP contribution < -0.4 is 5.73 Å². The first-order chi connectivity index (χ1) is 8.68. The summed E-state index contributed by atoms with van der Waals surface area (Å²) >= 11 is 3.10. The van der Waals surface area contributed by atoms with Crippen molar-refractivity contribution in [3.8, 4) is 0 Å². The second-order valence-corrected chi connectivity index (χ2v) is 4.25. The highest BCUT2D eigenvalue weighted by atomic mass is 32.1. The van der Waals surface area contributed by atoms with Gasteiger partial charge in [-0.15, -0.1) is 0 Å². The van der Waals surface area contributed by atoms with Crippen molar-refractivity contribution in [2.24, 2.45) is 5.73 Å². The van der Waals surface area contributed by atoms with Crippen LogP contribution in [0.15, 0.2) is 60.7 Å². The average Bonchev–Trinajstić information content (AvgIpc) is 2.38. The molecule has 3 heteroatoms. The van der Waals surface area contributed by atoms with E-state index in [1.807, 2.05) is 0 Å². The normalized spacial score (nSPS) is 9.17. The van der Waals surface area contributed by atoms with Crippen LogP contribution in [0.4, 0.5) is 4.79 Å². The lowest BCUT2D eigenvalue weighted by molar-refractivity contribution is 0.267. The van der Waals surface area contributed by atoms with Crippen LogP contribution >= 0.6 is 12.6 Å². The number of thiol groups is 1. The van der Waals surface area contributed by atoms with E-state index >= 15 is 0 Å². The van der Waals surface area contributed by atoms with Gasteiger partial charge in [0.2, 0.25) is 0 Å². The van der Waals surface area contributed by atoms with Crippen molar-refractivity contribution in [1.29, 1.82) is 0 Å². The summed E-state index contributed by atoms with van der Waals surface area (Å²) in [5.41, 5.74) is 7.16. The Morgan fingerprint density at radius 3 is 1.39 bits per heavy atom. The van der Waals surface area contributed by atoms with Crippen LogP contribution in [-0.4, -0.2) is 5.24 Å². The highest BCUT2D eigenvalue weighted by Gasteiger charge is 1.93. The molecule has 0 atom stereocenters. The molecule has 0 bridgehead atoms. The van der Waals surface area contributed by atoms with Gasteiger partial charge in [-0.2, -0.15) is 0 Å². The molecule has 0 aliphatic rings. The van der Waals surface area contributed by atoms with Crippen molar-refractivity contribution in [3.05, 3.63) is 71.8 Å². The molecule has 18 heavy (non-hydrogen) atoms. The Morgan fingerprint density at radius 1 is 0.833 bits per heavy atom. The first-order valence-corrected chi connectivity index (χ1v) is 6.19. The Labute approximate surface area is 113 Å². The maximum Gasteiger partial charge on any atom is 0.273 e. The zero-order valence-electron chi connectivity index (χ0n) is 10.1. The second-order valence-electron chi connectivity index (χ2n) is 3.81. The molecule has 0 radical (unpaired) electrons. The van der Waals surface area contributed by atoms with Gasteiger partial charge < -0.3 is 5.73 Å². The van der Waals surface area contributed by atoms with Gasteiger partial charge in [0.05, 0.1) is 0 Å². The molecule has 94 valence electrons. The van der Waals surface area contributed by atoms with Gasteiger partial charge >= 0.3 is 0 Å². The van der Waals surface area contributed by atoms with Crippen molar-refractivity contribution in [2.45, 2.75) is 12.8 Å². The van der Waals surface area contributed by atoms with Crippen LogP contribution in [0.3, 0.4) is 0 Å². The minimum Gasteiger partial charge on any atom is -0.361 e. The molecule has 0 heterocycles. The first-order valence-electron chi connectivity index (χ1n) is 5.74. The van der Waals surface area contributed by atoms with E-state index in [4.69, 9.17) is 4.79 Å². The van der Waals surface area contributed by atoms with E-state index in [-0.39, 0.29) is 0 Å². The molecule has 0 aliphatic heterocycles. The summed E-state index contributed by atoms with van der Waals surface area (Å²) in [6.45, 7) is 0. The van der Waals surface area contributed by atoms with E-state index in [9.17, 15) is 0 Å². The zero-order chi connectivity index (χ0) is 13.2.